The fourth-order valence-corrected chi connectivity index (χ4v) is 1.16. The van der Waals surface area contributed by atoms with Crippen molar-refractivity contribution in [2.24, 2.45) is 5.92 Å². The number of nitrogens with two attached hydrogens (primary N) is 1. The summed E-state index contributed by atoms with van der Waals surface area (Å²) >= 11 is 0. The normalized spacial score (nSPS) is 10.6. The van der Waals surface area contributed by atoms with E-state index in [0.29, 0.717) is 24.7 Å². The molecule has 0 radical (unpaired) electrons. The summed E-state index contributed by atoms with van der Waals surface area (Å²) < 4.78 is 0. The zero-order chi connectivity index (χ0) is 11.3. The predicted octanol–water partition coefficient (Wildman–Crippen LogP) is 1.04. The Bertz CT molecular complexity index is 319. The molecule has 0 atom stereocenters. The van der Waals surface area contributed by atoms with E-state index in [1.807, 2.05) is 0 Å². The number of hydrogen-bond acceptors (Lipinski definition) is 3. The number of nitrogen functional groups attached to an aromatic ring is 1. The Kier molecular flexibility index (Phi) is 4.15. The summed E-state index contributed by atoms with van der Waals surface area (Å²) in [4.78, 5) is 11.4. The molecule has 0 aliphatic rings. The lowest BCUT2D eigenvalue weighted by atomic mass is 10.1. The van der Waals surface area contributed by atoms with Crippen LogP contribution in [-0.4, -0.2) is 16.1 Å². The van der Waals surface area contributed by atoms with Crippen molar-refractivity contribution in [2.75, 3.05) is 5.73 Å². The fourth-order valence-electron chi connectivity index (χ4n) is 1.16. The van der Waals surface area contributed by atoms with E-state index < -0.39 is 0 Å². The minimum Gasteiger partial charge on any atom is -0.384 e. The summed E-state index contributed by atoms with van der Waals surface area (Å²) in [5, 5.41) is 9.19. The zero-order valence-corrected chi connectivity index (χ0v) is 9.21. The maximum atomic E-state index is 11.4. The molecule has 0 saturated heterocycles. The van der Waals surface area contributed by atoms with Crippen molar-refractivity contribution >= 4 is 11.7 Å². The van der Waals surface area contributed by atoms with E-state index in [9.17, 15) is 4.79 Å². The molecule has 0 aromatic carbocycles. The van der Waals surface area contributed by atoms with Crippen molar-refractivity contribution < 1.29 is 4.79 Å². The number of H-pyrrole nitrogens is 1. The summed E-state index contributed by atoms with van der Waals surface area (Å²) in [5.74, 6) is 1.12. The predicted molar refractivity (Wildman–Crippen MR) is 58.9 cm³/mol. The third-order valence-corrected chi connectivity index (χ3v) is 2.18. The van der Waals surface area contributed by atoms with Crippen LogP contribution < -0.4 is 11.1 Å². The van der Waals surface area contributed by atoms with Gasteiger partial charge in [-0.3, -0.25) is 9.89 Å². The molecule has 1 amide bonds. The summed E-state index contributed by atoms with van der Waals surface area (Å²) in [6.07, 6.45) is 3.10. The van der Waals surface area contributed by atoms with E-state index in [-0.39, 0.29) is 5.91 Å². The molecule has 0 spiro atoms. The number of aromatic nitrogens is 2. The first-order valence-electron chi connectivity index (χ1n) is 5.14. The zero-order valence-electron chi connectivity index (χ0n) is 9.21. The number of anilines is 1. The van der Waals surface area contributed by atoms with Gasteiger partial charge in [0.25, 0.3) is 0 Å². The Hall–Kier alpha value is -1.52. The first-order chi connectivity index (χ1) is 7.09. The number of nitrogens with one attached hydrogen (secondary N) is 2. The number of hydrogen-bond donors (Lipinski definition) is 3. The van der Waals surface area contributed by atoms with E-state index in [2.05, 4.69) is 29.4 Å². The molecule has 0 unspecified atom stereocenters. The molecule has 15 heavy (non-hydrogen) atoms. The second kappa shape index (κ2) is 5.38. The Balaban J connectivity index is 2.26. The van der Waals surface area contributed by atoms with Crippen LogP contribution in [0.4, 0.5) is 5.82 Å². The maximum Gasteiger partial charge on any atom is 0.220 e. The Morgan fingerprint density at radius 3 is 2.93 bits per heavy atom. The van der Waals surface area contributed by atoms with Gasteiger partial charge in [-0.15, -0.1) is 0 Å². The lowest BCUT2D eigenvalue weighted by molar-refractivity contribution is -0.121. The van der Waals surface area contributed by atoms with Crippen LogP contribution in [-0.2, 0) is 11.3 Å². The number of carbonyl (C=O) groups excluding carboxylic acids is 1. The molecule has 0 fully saturated rings. The van der Waals surface area contributed by atoms with Crippen molar-refractivity contribution in [1.82, 2.24) is 15.5 Å². The highest BCUT2D eigenvalue weighted by molar-refractivity contribution is 5.75. The highest BCUT2D eigenvalue weighted by atomic mass is 16.1. The Labute approximate surface area is 89.4 Å². The van der Waals surface area contributed by atoms with Crippen LogP contribution in [0.3, 0.4) is 0 Å². The molecule has 1 rings (SSSR count). The quantitative estimate of drug-likeness (QED) is 0.679. The minimum atomic E-state index is 0.0595. The molecular weight excluding hydrogens is 192 g/mol. The van der Waals surface area contributed by atoms with Gasteiger partial charge in [0.05, 0.1) is 6.20 Å². The number of nitrogens with zero attached hydrogens (tertiary/aromatic N) is 1. The van der Waals surface area contributed by atoms with Crippen molar-refractivity contribution in [3.63, 3.8) is 0 Å². The van der Waals surface area contributed by atoms with Crippen molar-refractivity contribution in [1.29, 1.82) is 0 Å². The smallest absolute Gasteiger partial charge is 0.220 e. The molecule has 0 saturated carbocycles. The molecule has 5 nitrogen and oxygen atoms in total. The lowest BCUT2D eigenvalue weighted by Crippen LogP contribution is -2.23. The van der Waals surface area contributed by atoms with Crippen LogP contribution in [0.25, 0.3) is 0 Å². The van der Waals surface area contributed by atoms with Crippen LogP contribution in [0.1, 0.15) is 32.3 Å². The number of aromatic amines is 1. The van der Waals surface area contributed by atoms with Gasteiger partial charge in [-0.25, -0.2) is 0 Å². The Morgan fingerprint density at radius 2 is 2.40 bits per heavy atom. The molecular formula is C10H18N4O. The van der Waals surface area contributed by atoms with Gasteiger partial charge in [0.1, 0.15) is 5.82 Å². The topological polar surface area (TPSA) is 83.8 Å². The van der Waals surface area contributed by atoms with Gasteiger partial charge in [0.15, 0.2) is 0 Å². The lowest BCUT2D eigenvalue weighted by Gasteiger charge is -2.05. The molecule has 0 aliphatic heterocycles. The molecule has 4 N–H and O–H groups in total. The molecule has 1 aromatic heterocycles. The SMILES string of the molecule is CC(C)CCC(=O)NCc1cn[nH]c1N. The van der Waals surface area contributed by atoms with E-state index in [0.717, 1.165) is 12.0 Å². The van der Waals surface area contributed by atoms with Gasteiger partial charge in [0.2, 0.25) is 5.91 Å². The van der Waals surface area contributed by atoms with Crippen LogP contribution in [0.15, 0.2) is 6.20 Å². The average molecular weight is 210 g/mol. The summed E-state index contributed by atoms with van der Waals surface area (Å²) in [6, 6.07) is 0. The largest absolute Gasteiger partial charge is 0.384 e. The van der Waals surface area contributed by atoms with Crippen molar-refractivity contribution in [3.8, 4) is 0 Å². The molecule has 84 valence electrons. The van der Waals surface area contributed by atoms with E-state index >= 15 is 0 Å². The second-order valence-electron chi connectivity index (χ2n) is 4.02. The summed E-state index contributed by atoms with van der Waals surface area (Å²) in [6.45, 7) is 4.64. The van der Waals surface area contributed by atoms with E-state index in [1.54, 1.807) is 6.20 Å². The Morgan fingerprint density at radius 1 is 1.67 bits per heavy atom. The molecule has 1 aromatic rings. The van der Waals surface area contributed by atoms with E-state index in [1.165, 1.54) is 0 Å². The highest BCUT2D eigenvalue weighted by Gasteiger charge is 2.05. The van der Waals surface area contributed by atoms with Gasteiger partial charge < -0.3 is 11.1 Å². The summed E-state index contributed by atoms with van der Waals surface area (Å²) in [5.41, 5.74) is 6.41. The van der Waals surface area contributed by atoms with Crippen LogP contribution in [0, 0.1) is 5.92 Å². The number of amides is 1. The van der Waals surface area contributed by atoms with E-state index in [4.69, 9.17) is 5.73 Å². The van der Waals surface area contributed by atoms with Crippen LogP contribution in [0.2, 0.25) is 0 Å². The summed E-state index contributed by atoms with van der Waals surface area (Å²) in [7, 11) is 0. The number of carbonyl (C=O) groups is 1. The average Bonchev–Trinajstić information content (AvgIpc) is 2.58. The van der Waals surface area contributed by atoms with Gasteiger partial charge >= 0.3 is 0 Å². The molecule has 1 heterocycles. The monoisotopic (exact) mass is 210 g/mol. The highest BCUT2D eigenvalue weighted by Crippen LogP contribution is 2.06. The fraction of sp³-hybridized carbons (Fsp3) is 0.600. The maximum absolute atomic E-state index is 11.4. The van der Waals surface area contributed by atoms with Gasteiger partial charge in [-0.1, -0.05) is 13.8 Å². The first-order valence-corrected chi connectivity index (χ1v) is 5.14. The molecule has 0 bridgehead atoms. The standard InChI is InChI=1S/C10H18N4O/c1-7(2)3-4-9(15)12-5-8-6-13-14-10(8)11/h6-7H,3-5H2,1-2H3,(H,12,15)(H3,11,13,14). The van der Waals surface area contributed by atoms with Gasteiger partial charge in [0, 0.05) is 18.5 Å². The van der Waals surface area contributed by atoms with Crippen molar-refractivity contribution in [3.05, 3.63) is 11.8 Å². The third kappa shape index (κ3) is 4.01. The molecule has 0 aliphatic carbocycles. The third-order valence-electron chi connectivity index (χ3n) is 2.18. The van der Waals surface area contributed by atoms with Crippen LogP contribution in [0.5, 0.6) is 0 Å². The first kappa shape index (κ1) is 11.6. The van der Waals surface area contributed by atoms with Gasteiger partial charge in [-0.05, 0) is 12.3 Å². The second-order valence-corrected chi connectivity index (χ2v) is 4.02. The minimum absolute atomic E-state index is 0.0595. The van der Waals surface area contributed by atoms with Gasteiger partial charge in [-0.2, -0.15) is 5.10 Å². The van der Waals surface area contributed by atoms with Crippen LogP contribution >= 0.6 is 0 Å². The molecule has 5 heteroatoms. The number of rotatable bonds is 5. The van der Waals surface area contributed by atoms with Crippen molar-refractivity contribution in [2.45, 2.75) is 33.2 Å².